The molecule has 0 aromatic carbocycles. The lowest BCUT2D eigenvalue weighted by molar-refractivity contribution is 0.102. The van der Waals surface area contributed by atoms with Crippen LogP contribution >= 0.6 is 0 Å². The maximum absolute atomic E-state index is 13.4. The average molecular weight is 245 g/mol. The van der Waals surface area contributed by atoms with E-state index in [1.807, 2.05) is 13.0 Å². The van der Waals surface area contributed by atoms with E-state index in [1.165, 1.54) is 12.4 Å². The van der Waals surface area contributed by atoms with Crippen molar-refractivity contribution < 1.29 is 9.18 Å². The van der Waals surface area contributed by atoms with Crippen LogP contribution < -0.4 is 0 Å². The van der Waals surface area contributed by atoms with Gasteiger partial charge >= 0.3 is 0 Å². The maximum Gasteiger partial charge on any atom is 0.242 e. The molecule has 0 amide bonds. The molecule has 2 aromatic heterocycles. The molecule has 0 aliphatic heterocycles. The molecule has 2 heterocycles. The van der Waals surface area contributed by atoms with Crippen molar-refractivity contribution in [1.29, 1.82) is 0 Å². The van der Waals surface area contributed by atoms with Crippen LogP contribution in [0, 0.1) is 26.7 Å². The Kier molecular flexibility index (Phi) is 3.14. The molecule has 0 N–H and O–H groups in total. The average Bonchev–Trinajstić information content (AvgIpc) is 2.33. The summed E-state index contributed by atoms with van der Waals surface area (Å²) in [6.07, 6.45) is 2.49. The number of rotatable bonds is 2. The second kappa shape index (κ2) is 4.60. The van der Waals surface area contributed by atoms with E-state index in [0.29, 0.717) is 5.56 Å². The molecular formula is C13H12FN3O. The minimum absolute atomic E-state index is 0.220. The van der Waals surface area contributed by atoms with Gasteiger partial charge in [0.2, 0.25) is 11.7 Å². The summed E-state index contributed by atoms with van der Waals surface area (Å²) < 4.78 is 13.4. The lowest BCUT2D eigenvalue weighted by Gasteiger charge is -2.07. The van der Waals surface area contributed by atoms with E-state index < -0.39 is 11.7 Å². The van der Waals surface area contributed by atoms with E-state index in [1.54, 1.807) is 13.8 Å². The molecule has 4 nitrogen and oxygen atoms in total. The third kappa shape index (κ3) is 2.11. The molecule has 0 aliphatic rings. The first-order valence-corrected chi connectivity index (χ1v) is 5.46. The van der Waals surface area contributed by atoms with Gasteiger partial charge in [-0.15, -0.1) is 0 Å². The Labute approximate surface area is 104 Å². The Morgan fingerprint density at radius 2 is 1.72 bits per heavy atom. The highest BCUT2D eigenvalue weighted by Gasteiger charge is 2.20. The number of nitrogens with zero attached hydrogens (tertiary/aromatic N) is 3. The second-order valence-corrected chi connectivity index (χ2v) is 4.08. The first-order chi connectivity index (χ1) is 8.50. The molecule has 0 aliphatic carbocycles. The third-order valence-electron chi connectivity index (χ3n) is 2.74. The van der Waals surface area contributed by atoms with Gasteiger partial charge < -0.3 is 0 Å². The summed E-state index contributed by atoms with van der Waals surface area (Å²) >= 11 is 0. The quantitative estimate of drug-likeness (QED) is 0.761. The monoisotopic (exact) mass is 245 g/mol. The standard InChI is InChI=1S/C13H12FN3O/c1-7-6-8(2)10(17-9(7)3)12(18)11-13(14)16-5-4-15-11/h4-6H,1-3H3. The largest absolute Gasteiger partial charge is 0.285 e. The van der Waals surface area contributed by atoms with Crippen LogP contribution in [0.2, 0.25) is 0 Å². The van der Waals surface area contributed by atoms with E-state index >= 15 is 0 Å². The molecule has 18 heavy (non-hydrogen) atoms. The highest BCUT2D eigenvalue weighted by atomic mass is 19.1. The van der Waals surface area contributed by atoms with Gasteiger partial charge in [0, 0.05) is 18.1 Å². The van der Waals surface area contributed by atoms with Crippen LogP contribution in [0.25, 0.3) is 0 Å². The molecule has 2 aromatic rings. The second-order valence-electron chi connectivity index (χ2n) is 4.08. The molecule has 0 unspecified atom stereocenters. The fourth-order valence-electron chi connectivity index (χ4n) is 1.66. The van der Waals surface area contributed by atoms with Gasteiger partial charge in [-0.3, -0.25) is 4.79 Å². The zero-order chi connectivity index (χ0) is 13.3. The van der Waals surface area contributed by atoms with Crippen molar-refractivity contribution in [3.05, 3.63) is 52.6 Å². The molecule has 0 saturated carbocycles. The van der Waals surface area contributed by atoms with Gasteiger partial charge in [-0.1, -0.05) is 6.07 Å². The normalized spacial score (nSPS) is 10.4. The Bertz CT molecular complexity index is 626. The summed E-state index contributed by atoms with van der Waals surface area (Å²) in [5, 5.41) is 0. The smallest absolute Gasteiger partial charge is 0.242 e. The zero-order valence-electron chi connectivity index (χ0n) is 10.4. The van der Waals surface area contributed by atoms with Crippen molar-refractivity contribution in [3.8, 4) is 0 Å². The maximum atomic E-state index is 13.4. The molecule has 0 fully saturated rings. The van der Waals surface area contributed by atoms with Crippen molar-refractivity contribution in [3.63, 3.8) is 0 Å². The van der Waals surface area contributed by atoms with Crippen LogP contribution in [0.15, 0.2) is 18.5 Å². The number of carbonyl (C=O) groups excluding carboxylic acids is 1. The van der Waals surface area contributed by atoms with Gasteiger partial charge in [0.1, 0.15) is 5.69 Å². The molecule has 0 radical (unpaired) electrons. The van der Waals surface area contributed by atoms with Gasteiger partial charge in [-0.2, -0.15) is 4.39 Å². The number of pyridine rings is 1. The van der Waals surface area contributed by atoms with E-state index in [9.17, 15) is 9.18 Å². The fourth-order valence-corrected chi connectivity index (χ4v) is 1.66. The van der Waals surface area contributed by atoms with Crippen LogP contribution in [0.4, 0.5) is 4.39 Å². The van der Waals surface area contributed by atoms with E-state index in [-0.39, 0.29) is 11.4 Å². The van der Waals surface area contributed by atoms with Crippen LogP contribution in [0.5, 0.6) is 0 Å². The number of halogens is 1. The van der Waals surface area contributed by atoms with Crippen LogP contribution in [-0.2, 0) is 0 Å². The van der Waals surface area contributed by atoms with Crippen molar-refractivity contribution in [2.75, 3.05) is 0 Å². The lowest BCUT2D eigenvalue weighted by atomic mass is 10.1. The summed E-state index contributed by atoms with van der Waals surface area (Å²) in [6.45, 7) is 5.48. The number of aryl methyl sites for hydroxylation is 3. The van der Waals surface area contributed by atoms with Gasteiger partial charge in [-0.25, -0.2) is 15.0 Å². The van der Waals surface area contributed by atoms with Crippen molar-refractivity contribution in [1.82, 2.24) is 15.0 Å². The summed E-state index contributed by atoms with van der Waals surface area (Å²) in [5.41, 5.74) is 2.36. The minimum atomic E-state index is -0.873. The highest BCUT2D eigenvalue weighted by molar-refractivity contribution is 6.07. The van der Waals surface area contributed by atoms with Crippen LogP contribution in [0.1, 0.15) is 33.0 Å². The Balaban J connectivity index is 2.53. The molecule has 0 spiro atoms. The molecule has 92 valence electrons. The van der Waals surface area contributed by atoms with Gasteiger partial charge in [0.05, 0.1) is 0 Å². The molecule has 0 atom stereocenters. The molecular weight excluding hydrogens is 233 g/mol. The SMILES string of the molecule is Cc1cc(C)c(C(=O)c2nccnc2F)nc1C. The summed E-state index contributed by atoms with van der Waals surface area (Å²) in [7, 11) is 0. The first-order valence-electron chi connectivity index (χ1n) is 5.46. The Hall–Kier alpha value is -2.17. The summed E-state index contributed by atoms with van der Waals surface area (Å²) in [5.74, 6) is -1.41. The van der Waals surface area contributed by atoms with Crippen molar-refractivity contribution in [2.45, 2.75) is 20.8 Å². The van der Waals surface area contributed by atoms with E-state index in [2.05, 4.69) is 15.0 Å². The molecule has 2 rings (SSSR count). The van der Waals surface area contributed by atoms with Crippen molar-refractivity contribution in [2.24, 2.45) is 0 Å². The van der Waals surface area contributed by atoms with Crippen molar-refractivity contribution >= 4 is 5.78 Å². The number of carbonyl (C=O) groups is 1. The molecule has 5 heteroatoms. The number of hydrogen-bond donors (Lipinski definition) is 0. The Morgan fingerprint density at radius 1 is 1.06 bits per heavy atom. The first kappa shape index (κ1) is 12.3. The van der Waals surface area contributed by atoms with E-state index in [0.717, 1.165) is 11.3 Å². The number of ketones is 1. The van der Waals surface area contributed by atoms with Gasteiger partial charge in [-0.05, 0) is 31.9 Å². The predicted octanol–water partition coefficient (Wildman–Crippen LogP) is 2.17. The lowest BCUT2D eigenvalue weighted by Crippen LogP contribution is -2.13. The minimum Gasteiger partial charge on any atom is -0.285 e. The zero-order valence-corrected chi connectivity index (χ0v) is 10.4. The summed E-state index contributed by atoms with van der Waals surface area (Å²) in [4.78, 5) is 23.5. The molecule has 0 bridgehead atoms. The fraction of sp³-hybridized carbons (Fsp3) is 0.231. The predicted molar refractivity (Wildman–Crippen MR) is 63.9 cm³/mol. The number of aromatic nitrogens is 3. The third-order valence-corrected chi connectivity index (χ3v) is 2.74. The van der Waals surface area contributed by atoms with Gasteiger partial charge in [0.15, 0.2) is 5.69 Å². The van der Waals surface area contributed by atoms with Gasteiger partial charge in [0.25, 0.3) is 0 Å². The van der Waals surface area contributed by atoms with Crippen LogP contribution in [0.3, 0.4) is 0 Å². The highest BCUT2D eigenvalue weighted by Crippen LogP contribution is 2.15. The van der Waals surface area contributed by atoms with Crippen LogP contribution in [-0.4, -0.2) is 20.7 Å². The topological polar surface area (TPSA) is 55.7 Å². The van der Waals surface area contributed by atoms with E-state index in [4.69, 9.17) is 0 Å². The summed E-state index contributed by atoms with van der Waals surface area (Å²) in [6, 6.07) is 1.85. The number of hydrogen-bond acceptors (Lipinski definition) is 4. The molecule has 0 saturated heterocycles. The Morgan fingerprint density at radius 3 is 2.39 bits per heavy atom.